The number of nitrogen functional groups attached to an aromatic ring is 2. The Morgan fingerprint density at radius 3 is 2.20 bits per heavy atom. The maximum atomic E-state index is 11.7. The Morgan fingerprint density at radius 2 is 1.64 bits per heavy atom. The lowest BCUT2D eigenvalue weighted by atomic mass is 9.94. The largest absolute Gasteiger partial charge is 0.480 e. The molecule has 0 fully saturated rings. The monoisotopic (exact) mass is 342 g/mol. The average Bonchev–Trinajstić information content (AvgIpc) is 2.60. The van der Waals surface area contributed by atoms with Crippen molar-refractivity contribution in [3.63, 3.8) is 0 Å². The van der Waals surface area contributed by atoms with Gasteiger partial charge in [-0.1, -0.05) is 42.8 Å². The lowest BCUT2D eigenvalue weighted by Gasteiger charge is -2.26. The topological polar surface area (TPSA) is 127 Å². The molecule has 2 atom stereocenters. The molecule has 134 valence electrons. The lowest BCUT2D eigenvalue weighted by Crippen LogP contribution is -2.40. The van der Waals surface area contributed by atoms with E-state index in [1.54, 1.807) is 18.2 Å². The summed E-state index contributed by atoms with van der Waals surface area (Å²) in [6, 6.07) is 13.8. The van der Waals surface area contributed by atoms with Gasteiger partial charge in [-0.2, -0.15) is 0 Å². The van der Waals surface area contributed by atoms with Crippen LogP contribution in [0.3, 0.4) is 0 Å². The molecule has 0 aliphatic rings. The van der Waals surface area contributed by atoms with Crippen LogP contribution in [0, 0.1) is 0 Å². The summed E-state index contributed by atoms with van der Waals surface area (Å²) in [5, 5.41) is 12.8. The predicted octanol–water partition coefficient (Wildman–Crippen LogP) is 2.11. The van der Waals surface area contributed by atoms with Crippen molar-refractivity contribution in [1.82, 2.24) is 5.32 Å². The van der Waals surface area contributed by atoms with Gasteiger partial charge >= 0.3 is 5.97 Å². The molecule has 0 saturated heterocycles. The molecule has 0 radical (unpaired) electrons. The quantitative estimate of drug-likeness (QED) is 0.351. The van der Waals surface area contributed by atoms with E-state index in [9.17, 15) is 9.90 Å². The van der Waals surface area contributed by atoms with Crippen LogP contribution in [0.1, 0.15) is 36.4 Å². The maximum absolute atomic E-state index is 11.7. The maximum Gasteiger partial charge on any atom is 0.320 e. The summed E-state index contributed by atoms with van der Waals surface area (Å²) < 4.78 is 0. The van der Waals surface area contributed by atoms with Gasteiger partial charge in [-0.3, -0.25) is 10.1 Å². The number of hydrogen-bond acceptors (Lipinski definition) is 5. The van der Waals surface area contributed by atoms with Crippen molar-refractivity contribution < 1.29 is 9.90 Å². The number of hydrogen-bond donors (Lipinski definition) is 5. The first-order chi connectivity index (χ1) is 12.0. The molecule has 8 N–H and O–H groups in total. The number of carboxylic acids is 1. The van der Waals surface area contributed by atoms with Crippen LogP contribution < -0.4 is 22.5 Å². The number of anilines is 2. The highest BCUT2D eigenvalue weighted by Crippen LogP contribution is 2.32. The third-order valence-corrected chi connectivity index (χ3v) is 4.21. The second-order valence-electron chi connectivity index (χ2n) is 6.04. The van der Waals surface area contributed by atoms with Gasteiger partial charge in [0, 0.05) is 16.9 Å². The molecular formula is C19H26N4O2. The average molecular weight is 342 g/mol. The third kappa shape index (κ3) is 4.95. The van der Waals surface area contributed by atoms with Gasteiger partial charge in [-0.15, -0.1) is 0 Å². The lowest BCUT2D eigenvalue weighted by molar-refractivity contribution is -0.139. The van der Waals surface area contributed by atoms with E-state index in [1.807, 2.05) is 30.3 Å². The molecule has 0 amide bonds. The Kier molecular flexibility index (Phi) is 6.80. The van der Waals surface area contributed by atoms with Gasteiger partial charge in [-0.25, -0.2) is 0 Å². The molecule has 0 heterocycles. The van der Waals surface area contributed by atoms with Crippen LogP contribution in [0.4, 0.5) is 11.4 Å². The standard InChI is InChI=1S/C19H26N4O2/c20-12-5-4-11-16(19(24)25)23-18(13-7-2-1-3-8-13)17-14(21)9-6-10-15(17)22/h1-3,6-10,16,18,23H,4-5,11-12,20-22H2,(H,24,25)/t16-,18?/m0/s1. The number of carboxylic acid groups (broad SMARTS) is 1. The molecule has 0 aliphatic heterocycles. The summed E-state index contributed by atoms with van der Waals surface area (Å²) in [7, 11) is 0. The fraction of sp³-hybridized carbons (Fsp3) is 0.316. The zero-order valence-corrected chi connectivity index (χ0v) is 14.2. The van der Waals surface area contributed by atoms with Crippen LogP contribution >= 0.6 is 0 Å². The molecule has 2 aromatic carbocycles. The fourth-order valence-corrected chi connectivity index (χ4v) is 2.90. The van der Waals surface area contributed by atoms with Gasteiger partial charge in [0.15, 0.2) is 0 Å². The van der Waals surface area contributed by atoms with E-state index in [0.29, 0.717) is 29.9 Å². The molecule has 6 heteroatoms. The number of aliphatic carboxylic acids is 1. The Morgan fingerprint density at radius 1 is 1.00 bits per heavy atom. The minimum absolute atomic E-state index is 0.402. The molecule has 25 heavy (non-hydrogen) atoms. The molecule has 6 nitrogen and oxygen atoms in total. The SMILES string of the molecule is NCCCC[C@H](NC(c1ccccc1)c1c(N)cccc1N)C(=O)O. The van der Waals surface area contributed by atoms with Crippen LogP contribution in [0.15, 0.2) is 48.5 Å². The second kappa shape index (κ2) is 9.05. The van der Waals surface area contributed by atoms with Crippen LogP contribution in [-0.2, 0) is 4.79 Å². The van der Waals surface area contributed by atoms with Gasteiger partial charge in [0.05, 0.1) is 6.04 Å². The van der Waals surface area contributed by atoms with Crippen molar-refractivity contribution in [3.8, 4) is 0 Å². The number of rotatable bonds is 9. The third-order valence-electron chi connectivity index (χ3n) is 4.21. The second-order valence-corrected chi connectivity index (χ2v) is 6.04. The highest BCUT2D eigenvalue weighted by atomic mass is 16.4. The van der Waals surface area contributed by atoms with Gasteiger partial charge in [-0.05, 0) is 37.1 Å². The summed E-state index contributed by atoms with van der Waals surface area (Å²) in [4.78, 5) is 11.7. The summed E-state index contributed by atoms with van der Waals surface area (Å²) >= 11 is 0. The normalized spacial score (nSPS) is 13.3. The highest BCUT2D eigenvalue weighted by Gasteiger charge is 2.26. The first-order valence-corrected chi connectivity index (χ1v) is 8.42. The molecule has 0 aliphatic carbocycles. The van der Waals surface area contributed by atoms with Gasteiger partial charge in [0.25, 0.3) is 0 Å². The molecule has 2 aromatic rings. The Hall–Kier alpha value is -2.57. The summed E-state index contributed by atoms with van der Waals surface area (Å²) in [5.74, 6) is -0.897. The van der Waals surface area contributed by atoms with Crippen LogP contribution in [-0.4, -0.2) is 23.7 Å². The van der Waals surface area contributed by atoms with Gasteiger partial charge < -0.3 is 22.3 Å². The Labute approximate surface area is 148 Å². The number of nitrogens with two attached hydrogens (primary N) is 3. The van der Waals surface area contributed by atoms with E-state index in [0.717, 1.165) is 18.4 Å². The van der Waals surface area contributed by atoms with Crippen molar-refractivity contribution in [1.29, 1.82) is 0 Å². The van der Waals surface area contributed by atoms with E-state index >= 15 is 0 Å². The minimum Gasteiger partial charge on any atom is -0.480 e. The van der Waals surface area contributed by atoms with Crippen molar-refractivity contribution >= 4 is 17.3 Å². The van der Waals surface area contributed by atoms with Crippen molar-refractivity contribution in [2.75, 3.05) is 18.0 Å². The first kappa shape index (κ1) is 18.8. The van der Waals surface area contributed by atoms with Gasteiger partial charge in [0.1, 0.15) is 6.04 Å². The summed E-state index contributed by atoms with van der Waals surface area (Å²) in [6.45, 7) is 0.549. The minimum atomic E-state index is -0.897. The molecular weight excluding hydrogens is 316 g/mol. The number of nitrogens with one attached hydrogen (secondary N) is 1. The molecule has 0 aromatic heterocycles. The highest BCUT2D eigenvalue weighted by molar-refractivity contribution is 5.74. The molecule has 2 rings (SSSR count). The van der Waals surface area contributed by atoms with E-state index < -0.39 is 18.1 Å². The number of unbranched alkanes of at least 4 members (excludes halogenated alkanes) is 1. The van der Waals surface area contributed by atoms with Crippen molar-refractivity contribution in [2.24, 2.45) is 5.73 Å². The van der Waals surface area contributed by atoms with Crippen LogP contribution in [0.25, 0.3) is 0 Å². The first-order valence-electron chi connectivity index (χ1n) is 8.42. The number of carbonyl (C=O) groups is 1. The van der Waals surface area contributed by atoms with Crippen molar-refractivity contribution in [3.05, 3.63) is 59.7 Å². The van der Waals surface area contributed by atoms with E-state index in [-0.39, 0.29) is 0 Å². The Balaban J connectivity index is 2.36. The van der Waals surface area contributed by atoms with E-state index in [1.165, 1.54) is 0 Å². The van der Waals surface area contributed by atoms with Crippen molar-refractivity contribution in [2.45, 2.75) is 31.3 Å². The number of benzene rings is 2. The van der Waals surface area contributed by atoms with Crippen LogP contribution in [0.5, 0.6) is 0 Å². The van der Waals surface area contributed by atoms with E-state index in [4.69, 9.17) is 17.2 Å². The zero-order valence-electron chi connectivity index (χ0n) is 14.2. The fourth-order valence-electron chi connectivity index (χ4n) is 2.90. The molecule has 0 bridgehead atoms. The molecule has 0 saturated carbocycles. The van der Waals surface area contributed by atoms with E-state index in [2.05, 4.69) is 5.32 Å². The molecule has 1 unspecified atom stereocenters. The summed E-state index contributed by atoms with van der Waals surface area (Å²) in [6.07, 6.45) is 2.02. The predicted molar refractivity (Wildman–Crippen MR) is 101 cm³/mol. The Bertz CT molecular complexity index is 671. The zero-order chi connectivity index (χ0) is 18.2. The smallest absolute Gasteiger partial charge is 0.320 e. The van der Waals surface area contributed by atoms with Crippen LogP contribution in [0.2, 0.25) is 0 Å². The molecule has 0 spiro atoms. The van der Waals surface area contributed by atoms with Gasteiger partial charge in [0.2, 0.25) is 0 Å². The summed E-state index contributed by atoms with van der Waals surface area (Å²) in [5.41, 5.74) is 20.5.